The van der Waals surface area contributed by atoms with Crippen LogP contribution in [-0.2, 0) is 5.66 Å². The maximum atomic E-state index is 11.0. The van der Waals surface area contributed by atoms with Gasteiger partial charge in [-0.2, -0.15) is 0 Å². The van der Waals surface area contributed by atoms with Crippen LogP contribution >= 0.6 is 0 Å². The highest BCUT2D eigenvalue weighted by molar-refractivity contribution is 5.93. The third-order valence-corrected chi connectivity index (χ3v) is 1.98. The Balaban J connectivity index is 3.44. The number of ketones is 1. The molecule has 0 unspecified atom stereocenters. The summed E-state index contributed by atoms with van der Waals surface area (Å²) in [5.74, 6) is -0.703. The minimum absolute atomic E-state index is 0.518. The quantitative estimate of drug-likeness (QED) is 0.304. The molecule has 1 aromatic heterocycles. The number of carbonyl (C=O) groups excluding carboxylic acids is 1. The third-order valence-electron chi connectivity index (χ3n) is 1.98. The normalized spacial score (nSPS) is 11.1. The van der Waals surface area contributed by atoms with Crippen LogP contribution in [0.15, 0.2) is 4.63 Å². The van der Waals surface area contributed by atoms with E-state index in [9.17, 15) is 25.0 Å². The highest BCUT2D eigenvalue weighted by atomic mass is 16.7. The summed E-state index contributed by atoms with van der Waals surface area (Å²) >= 11 is 0. The number of rotatable bonds is 4. The number of nitrogens with zero attached hydrogens (tertiary/aromatic N) is 4. The molecule has 0 spiro atoms. The van der Waals surface area contributed by atoms with Crippen LogP contribution in [0.3, 0.4) is 0 Å². The first-order valence-electron chi connectivity index (χ1n) is 3.94. The Morgan fingerprint density at radius 3 is 2.19 bits per heavy atom. The fourth-order valence-corrected chi connectivity index (χ4v) is 0.970. The molecule has 0 aliphatic rings. The fraction of sp³-hybridized carbons (Fsp3) is 0.500. The van der Waals surface area contributed by atoms with Crippen molar-refractivity contribution in [1.82, 2.24) is 10.3 Å². The van der Waals surface area contributed by atoms with Gasteiger partial charge in [0.15, 0.2) is 11.5 Å². The molecule has 0 amide bonds. The maximum Gasteiger partial charge on any atom is 0.503 e. The lowest BCUT2D eigenvalue weighted by atomic mass is 10.1. The van der Waals surface area contributed by atoms with Gasteiger partial charge in [-0.1, -0.05) is 0 Å². The molecule has 0 aliphatic heterocycles. The van der Waals surface area contributed by atoms with Crippen LogP contribution in [0, 0.1) is 20.2 Å². The second-order valence-electron chi connectivity index (χ2n) is 3.05. The molecule has 0 saturated heterocycles. The summed E-state index contributed by atoms with van der Waals surface area (Å²) in [7, 11) is 0. The molecule has 0 aliphatic carbocycles. The van der Waals surface area contributed by atoms with Crippen molar-refractivity contribution < 1.29 is 19.3 Å². The Labute approximate surface area is 87.5 Å². The van der Waals surface area contributed by atoms with Crippen LogP contribution in [0.25, 0.3) is 0 Å². The zero-order valence-electron chi connectivity index (χ0n) is 8.24. The molecule has 10 nitrogen and oxygen atoms in total. The van der Waals surface area contributed by atoms with E-state index in [1.165, 1.54) is 0 Å². The van der Waals surface area contributed by atoms with Crippen molar-refractivity contribution in [2.75, 3.05) is 0 Å². The number of Topliss-reactive ketones (excluding diaryl/α,β-unsaturated/α-hetero) is 1. The lowest BCUT2D eigenvalue weighted by molar-refractivity contribution is -0.806. The third kappa shape index (κ3) is 1.49. The Hall–Kier alpha value is -2.39. The van der Waals surface area contributed by atoms with E-state index in [-0.39, 0.29) is 0 Å². The summed E-state index contributed by atoms with van der Waals surface area (Å²) in [5, 5.41) is 27.5. The number of carbonyl (C=O) groups is 1. The Kier molecular flexibility index (Phi) is 2.66. The fourth-order valence-electron chi connectivity index (χ4n) is 0.970. The molecule has 0 N–H and O–H groups in total. The van der Waals surface area contributed by atoms with Gasteiger partial charge in [-0.15, -0.1) is 0 Å². The topological polar surface area (TPSA) is 142 Å². The molecular weight excluding hydrogens is 224 g/mol. The Bertz CT molecular complexity index is 451. The number of hydrogen-bond donors (Lipinski definition) is 0. The Morgan fingerprint density at radius 2 is 1.81 bits per heavy atom. The molecule has 1 rings (SSSR count). The van der Waals surface area contributed by atoms with E-state index < -0.39 is 32.7 Å². The highest BCUT2D eigenvalue weighted by Crippen LogP contribution is 2.25. The summed E-state index contributed by atoms with van der Waals surface area (Å²) in [6.45, 7) is 1.75. The molecule has 0 radical (unpaired) electrons. The first-order valence-corrected chi connectivity index (χ1v) is 3.94. The number of nitro groups is 2. The minimum Gasteiger partial charge on any atom is -0.293 e. The zero-order valence-corrected chi connectivity index (χ0v) is 8.24. The second kappa shape index (κ2) is 3.64. The van der Waals surface area contributed by atoms with Gasteiger partial charge in [0.25, 0.3) is 5.69 Å². The number of hydrogen-bond acceptors (Lipinski definition) is 8. The molecule has 1 heterocycles. The second-order valence-corrected chi connectivity index (χ2v) is 3.05. The van der Waals surface area contributed by atoms with Gasteiger partial charge < -0.3 is 0 Å². The smallest absolute Gasteiger partial charge is 0.293 e. The largest absolute Gasteiger partial charge is 0.503 e. The van der Waals surface area contributed by atoms with E-state index in [4.69, 9.17) is 0 Å². The van der Waals surface area contributed by atoms with E-state index in [1.54, 1.807) is 0 Å². The van der Waals surface area contributed by atoms with E-state index in [0.717, 1.165) is 6.92 Å². The van der Waals surface area contributed by atoms with Crippen molar-refractivity contribution in [3.63, 3.8) is 0 Å². The average molecular weight is 230 g/mol. The van der Waals surface area contributed by atoms with Crippen LogP contribution in [-0.4, -0.2) is 25.9 Å². The standard InChI is InChI=1S/C6H6N4O6/c1-3(11)4-5(8-16-7-4)6(2,9(12)13)10(14)15/h1-2H3. The Morgan fingerprint density at radius 1 is 1.31 bits per heavy atom. The van der Waals surface area contributed by atoms with Gasteiger partial charge in [0.2, 0.25) is 0 Å². The van der Waals surface area contributed by atoms with Gasteiger partial charge in [-0.25, -0.2) is 4.63 Å². The van der Waals surface area contributed by atoms with Gasteiger partial charge >= 0.3 is 5.66 Å². The van der Waals surface area contributed by atoms with Crippen LogP contribution < -0.4 is 0 Å². The highest BCUT2D eigenvalue weighted by Gasteiger charge is 2.58. The zero-order chi connectivity index (χ0) is 12.5. The number of aromatic nitrogens is 2. The van der Waals surface area contributed by atoms with Gasteiger partial charge in [0.05, 0.1) is 6.92 Å². The van der Waals surface area contributed by atoms with Crippen molar-refractivity contribution in [2.24, 2.45) is 0 Å². The summed E-state index contributed by atoms with van der Waals surface area (Å²) in [5.41, 5.74) is -3.98. The van der Waals surface area contributed by atoms with Crippen LogP contribution in [0.2, 0.25) is 0 Å². The summed E-state index contributed by atoms with van der Waals surface area (Å²) in [4.78, 5) is 30.0. The summed E-state index contributed by atoms with van der Waals surface area (Å²) in [6.07, 6.45) is 0. The summed E-state index contributed by atoms with van der Waals surface area (Å²) in [6, 6.07) is 0. The van der Waals surface area contributed by atoms with E-state index in [2.05, 4.69) is 14.9 Å². The minimum atomic E-state index is -2.75. The van der Waals surface area contributed by atoms with E-state index >= 15 is 0 Å². The van der Waals surface area contributed by atoms with Crippen LogP contribution in [0.5, 0.6) is 0 Å². The molecule has 86 valence electrons. The molecule has 0 saturated carbocycles. The first kappa shape index (κ1) is 11.7. The molecule has 0 bridgehead atoms. The van der Waals surface area contributed by atoms with Gasteiger partial charge in [0.1, 0.15) is 9.85 Å². The molecule has 1 aromatic rings. The van der Waals surface area contributed by atoms with Gasteiger partial charge in [-0.05, 0) is 10.3 Å². The molecule has 16 heavy (non-hydrogen) atoms. The lowest BCUT2D eigenvalue weighted by Crippen LogP contribution is -2.41. The predicted octanol–water partition coefficient (Wildman–Crippen LogP) is -0.00170. The summed E-state index contributed by atoms with van der Waals surface area (Å²) < 4.78 is 4.12. The molecule has 0 atom stereocenters. The molecular formula is C6H6N4O6. The van der Waals surface area contributed by atoms with E-state index in [0.29, 0.717) is 6.92 Å². The molecule has 0 fully saturated rings. The van der Waals surface area contributed by atoms with Gasteiger partial charge in [-0.3, -0.25) is 25.0 Å². The predicted molar refractivity (Wildman–Crippen MR) is 45.6 cm³/mol. The monoisotopic (exact) mass is 230 g/mol. The van der Waals surface area contributed by atoms with Gasteiger partial charge in [0, 0.05) is 6.92 Å². The van der Waals surface area contributed by atoms with Crippen molar-refractivity contribution >= 4 is 5.78 Å². The first-order chi connectivity index (χ1) is 7.31. The van der Waals surface area contributed by atoms with Crippen LogP contribution in [0.1, 0.15) is 30.0 Å². The molecule has 10 heteroatoms. The van der Waals surface area contributed by atoms with Crippen molar-refractivity contribution in [2.45, 2.75) is 19.5 Å². The molecule has 0 aromatic carbocycles. The van der Waals surface area contributed by atoms with E-state index in [1.807, 2.05) is 0 Å². The SMILES string of the molecule is CC(=O)c1nonc1C(C)([N+](=O)[O-])[N+](=O)[O-]. The van der Waals surface area contributed by atoms with Crippen LogP contribution in [0.4, 0.5) is 0 Å². The maximum absolute atomic E-state index is 11.0. The lowest BCUT2D eigenvalue weighted by Gasteiger charge is -2.08. The van der Waals surface area contributed by atoms with Crippen molar-refractivity contribution in [3.05, 3.63) is 31.6 Å². The van der Waals surface area contributed by atoms with Crippen molar-refractivity contribution in [1.29, 1.82) is 0 Å². The average Bonchev–Trinajstić information content (AvgIpc) is 2.64. The van der Waals surface area contributed by atoms with Crippen molar-refractivity contribution in [3.8, 4) is 0 Å².